The fourth-order valence-electron chi connectivity index (χ4n) is 3.63. The molecule has 2 amide bonds. The van der Waals surface area contributed by atoms with Crippen LogP contribution in [-0.2, 0) is 9.59 Å². The Bertz CT molecular complexity index is 1170. The van der Waals surface area contributed by atoms with E-state index < -0.39 is 0 Å². The van der Waals surface area contributed by atoms with E-state index in [1.54, 1.807) is 9.80 Å². The standard InChI is InChI=1S/C26H26N4O2S4/c1-27(2)19-9-5-17(6-10-19)15-21-23(31)29(25(33)35-21)13-14-30-24(32)22(36-26(30)34)16-18-7-11-20(12-8-18)28(3)4/h5-12,15-16H,13-14H2,1-4H3. The van der Waals surface area contributed by atoms with Gasteiger partial charge in [0.05, 0.1) is 9.81 Å². The Labute approximate surface area is 231 Å². The van der Waals surface area contributed by atoms with E-state index in [0.29, 0.717) is 31.5 Å². The van der Waals surface area contributed by atoms with Gasteiger partial charge in [-0.15, -0.1) is 0 Å². The molecular formula is C26H26N4O2S4. The highest BCUT2D eigenvalue weighted by Crippen LogP contribution is 2.35. The lowest BCUT2D eigenvalue weighted by Crippen LogP contribution is -2.39. The molecule has 186 valence electrons. The van der Waals surface area contributed by atoms with Crippen molar-refractivity contribution in [2.45, 2.75) is 0 Å². The van der Waals surface area contributed by atoms with Gasteiger partial charge in [0.1, 0.15) is 8.64 Å². The topological polar surface area (TPSA) is 47.1 Å². The van der Waals surface area contributed by atoms with E-state index in [1.165, 1.54) is 23.5 Å². The Hall–Kier alpha value is -2.66. The molecule has 0 aliphatic carbocycles. The van der Waals surface area contributed by atoms with E-state index in [4.69, 9.17) is 24.4 Å². The molecule has 4 rings (SSSR count). The summed E-state index contributed by atoms with van der Waals surface area (Å²) >= 11 is 13.5. The number of anilines is 2. The van der Waals surface area contributed by atoms with Crippen LogP contribution in [0.2, 0.25) is 0 Å². The molecule has 0 bridgehead atoms. The predicted molar refractivity (Wildman–Crippen MR) is 161 cm³/mol. The number of rotatable bonds is 7. The lowest BCUT2D eigenvalue weighted by atomic mass is 10.2. The van der Waals surface area contributed by atoms with Crippen LogP contribution in [0.1, 0.15) is 11.1 Å². The highest BCUT2D eigenvalue weighted by atomic mass is 32.2. The third kappa shape index (κ3) is 5.83. The fraction of sp³-hybridized carbons (Fsp3) is 0.231. The van der Waals surface area contributed by atoms with E-state index in [9.17, 15) is 9.59 Å². The van der Waals surface area contributed by atoms with Crippen molar-refractivity contribution in [3.8, 4) is 0 Å². The average molecular weight is 555 g/mol. The summed E-state index contributed by atoms with van der Waals surface area (Å²) in [7, 11) is 7.93. The van der Waals surface area contributed by atoms with Crippen molar-refractivity contribution in [2.75, 3.05) is 51.1 Å². The number of hydrogen-bond acceptors (Lipinski definition) is 8. The van der Waals surface area contributed by atoms with Crippen LogP contribution in [0.5, 0.6) is 0 Å². The number of hydrogen-bond donors (Lipinski definition) is 0. The van der Waals surface area contributed by atoms with Gasteiger partial charge in [-0.3, -0.25) is 19.4 Å². The number of benzene rings is 2. The van der Waals surface area contributed by atoms with E-state index in [-0.39, 0.29) is 11.8 Å². The normalized spacial score (nSPS) is 18.2. The molecule has 0 atom stereocenters. The summed E-state index contributed by atoms with van der Waals surface area (Å²) in [5.74, 6) is -0.299. The van der Waals surface area contributed by atoms with Gasteiger partial charge in [-0.1, -0.05) is 72.2 Å². The molecule has 2 heterocycles. The number of thioether (sulfide) groups is 2. The first-order valence-electron chi connectivity index (χ1n) is 11.2. The molecule has 36 heavy (non-hydrogen) atoms. The van der Waals surface area contributed by atoms with Crippen molar-refractivity contribution < 1.29 is 9.59 Å². The molecule has 0 radical (unpaired) electrons. The molecule has 10 heteroatoms. The number of thiocarbonyl (C=S) groups is 2. The van der Waals surface area contributed by atoms with Crippen LogP contribution in [0, 0.1) is 0 Å². The van der Waals surface area contributed by atoms with Crippen LogP contribution >= 0.6 is 48.0 Å². The maximum Gasteiger partial charge on any atom is 0.266 e. The third-order valence-electron chi connectivity index (χ3n) is 5.71. The van der Waals surface area contributed by atoms with Crippen LogP contribution in [-0.4, -0.2) is 71.5 Å². The molecule has 0 saturated carbocycles. The highest BCUT2D eigenvalue weighted by molar-refractivity contribution is 8.27. The minimum Gasteiger partial charge on any atom is -0.378 e. The lowest BCUT2D eigenvalue weighted by Gasteiger charge is -2.19. The summed E-state index contributed by atoms with van der Waals surface area (Å²) < 4.78 is 0.969. The summed E-state index contributed by atoms with van der Waals surface area (Å²) in [6.45, 7) is 0.581. The molecular weight excluding hydrogens is 529 g/mol. The largest absolute Gasteiger partial charge is 0.378 e. The predicted octanol–water partition coefficient (Wildman–Crippen LogP) is 4.92. The fourth-order valence-corrected chi connectivity index (χ4v) is 6.24. The van der Waals surface area contributed by atoms with Crippen LogP contribution in [0.3, 0.4) is 0 Å². The molecule has 0 unspecified atom stereocenters. The van der Waals surface area contributed by atoms with Crippen molar-refractivity contribution in [3.63, 3.8) is 0 Å². The van der Waals surface area contributed by atoms with Crippen molar-refractivity contribution in [3.05, 3.63) is 69.5 Å². The van der Waals surface area contributed by atoms with Crippen LogP contribution in [0.4, 0.5) is 11.4 Å². The minimum absolute atomic E-state index is 0.149. The summed E-state index contributed by atoms with van der Waals surface area (Å²) in [6, 6.07) is 15.9. The third-order valence-corrected chi connectivity index (χ3v) is 8.46. The molecule has 2 aromatic rings. The molecule has 2 aromatic carbocycles. The summed E-state index contributed by atoms with van der Waals surface area (Å²) in [5, 5.41) is 0. The van der Waals surface area contributed by atoms with Crippen LogP contribution in [0.25, 0.3) is 12.2 Å². The van der Waals surface area contributed by atoms with Gasteiger partial charge in [-0.2, -0.15) is 0 Å². The van der Waals surface area contributed by atoms with E-state index in [0.717, 1.165) is 22.5 Å². The van der Waals surface area contributed by atoms with Crippen molar-refractivity contribution >= 4 is 91.9 Å². The quantitative estimate of drug-likeness (QED) is 0.353. The first-order chi connectivity index (χ1) is 17.1. The minimum atomic E-state index is -0.149. The van der Waals surface area contributed by atoms with Gasteiger partial charge in [0.15, 0.2) is 0 Å². The Morgan fingerprint density at radius 3 is 1.31 bits per heavy atom. The van der Waals surface area contributed by atoms with Crippen LogP contribution in [0.15, 0.2) is 58.3 Å². The van der Waals surface area contributed by atoms with Crippen molar-refractivity contribution in [2.24, 2.45) is 0 Å². The zero-order valence-electron chi connectivity index (χ0n) is 20.4. The zero-order valence-corrected chi connectivity index (χ0v) is 23.7. The molecule has 2 fully saturated rings. The van der Waals surface area contributed by atoms with Gasteiger partial charge in [0.2, 0.25) is 0 Å². The number of carbonyl (C=O) groups is 2. The second-order valence-corrected chi connectivity index (χ2v) is 12.0. The van der Waals surface area contributed by atoms with Gasteiger partial charge in [-0.05, 0) is 47.5 Å². The number of nitrogens with zero attached hydrogens (tertiary/aromatic N) is 4. The molecule has 0 N–H and O–H groups in total. The Morgan fingerprint density at radius 1 is 0.667 bits per heavy atom. The van der Waals surface area contributed by atoms with Gasteiger partial charge in [0.25, 0.3) is 11.8 Å². The van der Waals surface area contributed by atoms with E-state index in [2.05, 4.69) is 0 Å². The molecule has 0 spiro atoms. The Kier molecular flexibility index (Phi) is 8.19. The lowest BCUT2D eigenvalue weighted by molar-refractivity contribution is -0.125. The monoisotopic (exact) mass is 554 g/mol. The maximum atomic E-state index is 13.0. The summed E-state index contributed by atoms with van der Waals surface area (Å²) in [6.07, 6.45) is 3.70. The van der Waals surface area contributed by atoms with Gasteiger partial charge < -0.3 is 9.80 Å². The molecule has 6 nitrogen and oxygen atoms in total. The maximum absolute atomic E-state index is 13.0. The molecule has 2 aliphatic rings. The van der Waals surface area contributed by atoms with Gasteiger partial charge in [-0.25, -0.2) is 0 Å². The smallest absolute Gasteiger partial charge is 0.266 e. The molecule has 0 aromatic heterocycles. The first-order valence-corrected chi connectivity index (χ1v) is 13.6. The molecule has 2 aliphatic heterocycles. The van der Waals surface area contributed by atoms with Crippen molar-refractivity contribution in [1.29, 1.82) is 0 Å². The van der Waals surface area contributed by atoms with E-state index >= 15 is 0 Å². The number of carbonyl (C=O) groups excluding carboxylic acids is 2. The Balaban J connectivity index is 1.40. The second-order valence-electron chi connectivity index (χ2n) is 8.64. The Morgan fingerprint density at radius 2 is 1.00 bits per heavy atom. The summed E-state index contributed by atoms with van der Waals surface area (Å²) in [4.78, 5) is 34.3. The van der Waals surface area contributed by atoms with E-state index in [1.807, 2.05) is 98.7 Å². The average Bonchev–Trinajstić information content (AvgIpc) is 3.26. The van der Waals surface area contributed by atoms with Crippen LogP contribution < -0.4 is 9.80 Å². The van der Waals surface area contributed by atoms with Gasteiger partial charge in [0, 0.05) is 52.7 Å². The first kappa shape index (κ1) is 26.4. The molecule has 2 saturated heterocycles. The second kappa shape index (κ2) is 11.2. The number of amides is 2. The van der Waals surface area contributed by atoms with Crippen molar-refractivity contribution in [1.82, 2.24) is 9.80 Å². The van der Waals surface area contributed by atoms with Gasteiger partial charge >= 0.3 is 0 Å². The highest BCUT2D eigenvalue weighted by Gasteiger charge is 2.36. The SMILES string of the molecule is CN(C)c1ccc(C=C2SC(=S)N(CCN3C(=O)C(=Cc4ccc(N(C)C)cc4)SC3=S)C2=O)cc1. The summed E-state index contributed by atoms with van der Waals surface area (Å²) in [5.41, 5.74) is 4.04. The zero-order chi connectivity index (χ0) is 26.0.